The highest BCUT2D eigenvalue weighted by atomic mass is 16.2. The molecule has 0 fully saturated rings. The Balaban J connectivity index is 1.84. The van der Waals surface area contributed by atoms with Gasteiger partial charge in [0, 0.05) is 37.0 Å². The van der Waals surface area contributed by atoms with Gasteiger partial charge < -0.3 is 10.6 Å². The minimum Gasteiger partial charge on any atom is -0.334 e. The van der Waals surface area contributed by atoms with Crippen molar-refractivity contribution >= 4 is 5.91 Å². The number of amides is 1. The van der Waals surface area contributed by atoms with Crippen molar-refractivity contribution in [3.8, 4) is 0 Å². The van der Waals surface area contributed by atoms with Gasteiger partial charge in [0.15, 0.2) is 0 Å². The third-order valence-corrected chi connectivity index (χ3v) is 3.91. The first-order chi connectivity index (χ1) is 10.3. The van der Waals surface area contributed by atoms with Crippen molar-refractivity contribution in [1.29, 1.82) is 0 Å². The summed E-state index contributed by atoms with van der Waals surface area (Å²) < 4.78 is 0. The van der Waals surface area contributed by atoms with E-state index in [1.54, 1.807) is 0 Å². The Morgan fingerprint density at radius 3 is 2.95 bits per heavy atom. The number of nitrogens with two attached hydrogens (primary N) is 1. The van der Waals surface area contributed by atoms with Gasteiger partial charge in [0.2, 0.25) is 0 Å². The fourth-order valence-electron chi connectivity index (χ4n) is 2.81. The molecule has 2 aromatic rings. The highest BCUT2D eigenvalue weighted by Gasteiger charge is 2.23. The summed E-state index contributed by atoms with van der Waals surface area (Å²) in [6, 6.07) is 11.7. The van der Waals surface area contributed by atoms with E-state index in [4.69, 9.17) is 5.73 Å². The van der Waals surface area contributed by atoms with Crippen molar-refractivity contribution in [3.05, 3.63) is 65.0 Å². The Morgan fingerprint density at radius 2 is 2.10 bits per heavy atom. The molecular formula is C17H19N3O. The van der Waals surface area contributed by atoms with Crippen LogP contribution in [0.3, 0.4) is 0 Å². The van der Waals surface area contributed by atoms with Crippen LogP contribution in [0, 0.1) is 0 Å². The molecule has 0 atom stereocenters. The van der Waals surface area contributed by atoms with Crippen molar-refractivity contribution in [2.45, 2.75) is 19.4 Å². The predicted molar refractivity (Wildman–Crippen MR) is 81.9 cm³/mol. The predicted octanol–water partition coefficient (Wildman–Crippen LogP) is 1.78. The van der Waals surface area contributed by atoms with E-state index < -0.39 is 0 Å². The summed E-state index contributed by atoms with van der Waals surface area (Å²) >= 11 is 0. The number of pyridine rings is 1. The third kappa shape index (κ3) is 2.81. The Labute approximate surface area is 124 Å². The second kappa shape index (κ2) is 6.06. The number of aromatic nitrogens is 1. The van der Waals surface area contributed by atoms with Gasteiger partial charge in [-0.3, -0.25) is 9.78 Å². The molecule has 1 aromatic heterocycles. The molecule has 4 nitrogen and oxygen atoms in total. The minimum atomic E-state index is 0.0913. The van der Waals surface area contributed by atoms with Crippen LogP contribution in [-0.4, -0.2) is 28.9 Å². The first-order valence-corrected chi connectivity index (χ1v) is 7.29. The quantitative estimate of drug-likeness (QED) is 0.933. The maximum atomic E-state index is 12.8. The fraction of sp³-hybridized carbons (Fsp3) is 0.294. The maximum absolute atomic E-state index is 12.8. The lowest BCUT2D eigenvalue weighted by Crippen LogP contribution is -2.36. The molecule has 1 aliphatic rings. The molecular weight excluding hydrogens is 262 g/mol. The molecule has 108 valence electrons. The second-order valence-electron chi connectivity index (χ2n) is 5.28. The van der Waals surface area contributed by atoms with Gasteiger partial charge in [-0.2, -0.15) is 0 Å². The van der Waals surface area contributed by atoms with E-state index in [-0.39, 0.29) is 5.91 Å². The summed E-state index contributed by atoms with van der Waals surface area (Å²) in [7, 11) is 0. The number of nitrogens with zero attached hydrogens (tertiary/aromatic N) is 2. The normalized spacial score (nSPS) is 13.9. The lowest BCUT2D eigenvalue weighted by atomic mass is 10.0. The number of carbonyl (C=O) groups excluding carboxylic acids is 1. The number of fused-ring (bicyclic) bond motifs is 1. The van der Waals surface area contributed by atoms with Gasteiger partial charge in [0.25, 0.3) is 5.91 Å². The van der Waals surface area contributed by atoms with Crippen LogP contribution in [0.4, 0.5) is 0 Å². The first-order valence-electron chi connectivity index (χ1n) is 7.29. The summed E-state index contributed by atoms with van der Waals surface area (Å²) in [6.07, 6.45) is 3.36. The average Bonchev–Trinajstić information content (AvgIpc) is 2.54. The molecule has 0 spiro atoms. The van der Waals surface area contributed by atoms with Crippen LogP contribution in [-0.2, 0) is 19.4 Å². The van der Waals surface area contributed by atoms with Crippen molar-refractivity contribution in [2.24, 2.45) is 5.73 Å². The molecule has 1 aromatic carbocycles. The Morgan fingerprint density at radius 1 is 1.24 bits per heavy atom. The van der Waals surface area contributed by atoms with Crippen LogP contribution >= 0.6 is 0 Å². The summed E-state index contributed by atoms with van der Waals surface area (Å²) in [5, 5.41) is 0. The monoisotopic (exact) mass is 281 g/mol. The number of hydrogen-bond donors (Lipinski definition) is 1. The highest BCUT2D eigenvalue weighted by molar-refractivity contribution is 5.95. The third-order valence-electron chi connectivity index (χ3n) is 3.91. The van der Waals surface area contributed by atoms with Gasteiger partial charge in [0.1, 0.15) is 0 Å². The Bertz CT molecular complexity index is 654. The first kappa shape index (κ1) is 13.8. The minimum absolute atomic E-state index is 0.0913. The molecule has 0 saturated heterocycles. The lowest BCUT2D eigenvalue weighted by Gasteiger charge is -2.28. The van der Waals surface area contributed by atoms with Crippen molar-refractivity contribution < 1.29 is 4.79 Å². The largest absolute Gasteiger partial charge is 0.334 e. The Kier molecular flexibility index (Phi) is 3.97. The number of hydrogen-bond acceptors (Lipinski definition) is 3. The van der Waals surface area contributed by atoms with Gasteiger partial charge in [-0.05, 0) is 36.2 Å². The van der Waals surface area contributed by atoms with Crippen molar-refractivity contribution in [2.75, 3.05) is 13.1 Å². The van der Waals surface area contributed by atoms with Gasteiger partial charge in [0.05, 0.1) is 0 Å². The van der Waals surface area contributed by atoms with E-state index in [0.29, 0.717) is 13.1 Å². The zero-order valence-electron chi connectivity index (χ0n) is 12.0. The molecule has 0 bridgehead atoms. The molecule has 2 N–H and O–H groups in total. The molecule has 1 aliphatic heterocycles. The summed E-state index contributed by atoms with van der Waals surface area (Å²) in [5.41, 5.74) is 9.70. The maximum Gasteiger partial charge on any atom is 0.254 e. The van der Waals surface area contributed by atoms with Crippen LogP contribution in [0.25, 0.3) is 0 Å². The van der Waals surface area contributed by atoms with Gasteiger partial charge in [-0.1, -0.05) is 24.3 Å². The van der Waals surface area contributed by atoms with E-state index in [9.17, 15) is 4.79 Å². The van der Waals surface area contributed by atoms with Crippen molar-refractivity contribution in [1.82, 2.24) is 9.88 Å². The molecule has 0 saturated carbocycles. The molecule has 0 radical (unpaired) electrons. The van der Waals surface area contributed by atoms with Crippen molar-refractivity contribution in [3.63, 3.8) is 0 Å². The highest BCUT2D eigenvalue weighted by Crippen LogP contribution is 2.20. The molecule has 1 amide bonds. The molecule has 0 aliphatic carbocycles. The van der Waals surface area contributed by atoms with Gasteiger partial charge in [-0.15, -0.1) is 0 Å². The molecule has 3 rings (SSSR count). The SMILES string of the molecule is NCCc1ccccc1C(=O)N1CCc2ncccc2C1. The summed E-state index contributed by atoms with van der Waals surface area (Å²) in [5.74, 6) is 0.0913. The zero-order chi connectivity index (χ0) is 14.7. The van der Waals surface area contributed by atoms with E-state index in [1.165, 1.54) is 0 Å². The standard InChI is InChI=1S/C17H19N3O/c18-9-7-13-4-1-2-6-15(13)17(21)20-11-8-16-14(12-20)5-3-10-19-16/h1-6,10H,7-9,11-12,18H2. The zero-order valence-corrected chi connectivity index (χ0v) is 12.0. The lowest BCUT2D eigenvalue weighted by molar-refractivity contribution is 0.0732. The summed E-state index contributed by atoms with van der Waals surface area (Å²) in [6.45, 7) is 1.91. The second-order valence-corrected chi connectivity index (χ2v) is 5.28. The molecule has 21 heavy (non-hydrogen) atoms. The van der Waals surface area contributed by atoms with Gasteiger partial charge >= 0.3 is 0 Å². The van der Waals surface area contributed by atoms with Crippen LogP contribution in [0.5, 0.6) is 0 Å². The number of benzene rings is 1. The average molecular weight is 281 g/mol. The van der Waals surface area contributed by atoms with E-state index in [0.717, 1.165) is 41.8 Å². The molecule has 4 heteroatoms. The Hall–Kier alpha value is -2.20. The van der Waals surface area contributed by atoms with E-state index in [1.807, 2.05) is 47.5 Å². The van der Waals surface area contributed by atoms with Crippen LogP contribution in [0.2, 0.25) is 0 Å². The smallest absolute Gasteiger partial charge is 0.254 e. The van der Waals surface area contributed by atoms with E-state index in [2.05, 4.69) is 4.98 Å². The molecule has 2 heterocycles. The number of carbonyl (C=O) groups is 1. The van der Waals surface area contributed by atoms with Crippen LogP contribution < -0.4 is 5.73 Å². The molecule has 0 unspecified atom stereocenters. The fourth-order valence-corrected chi connectivity index (χ4v) is 2.81. The van der Waals surface area contributed by atoms with Gasteiger partial charge in [-0.25, -0.2) is 0 Å². The number of rotatable bonds is 3. The van der Waals surface area contributed by atoms with Crippen LogP contribution in [0.15, 0.2) is 42.6 Å². The topological polar surface area (TPSA) is 59.2 Å². The van der Waals surface area contributed by atoms with E-state index >= 15 is 0 Å². The van der Waals surface area contributed by atoms with Crippen LogP contribution in [0.1, 0.15) is 27.2 Å². The summed E-state index contributed by atoms with van der Waals surface area (Å²) in [4.78, 5) is 19.1.